The average molecular weight is 332 g/mol. The number of esters is 1. The van der Waals surface area contributed by atoms with Gasteiger partial charge in [0, 0.05) is 24.7 Å². The molecule has 7 nitrogen and oxygen atoms in total. The van der Waals surface area contributed by atoms with Crippen molar-refractivity contribution >= 4 is 23.6 Å². The number of hydrogen-bond donors (Lipinski definition) is 0. The molecule has 1 heterocycles. The Labute approximate surface area is 140 Å². The van der Waals surface area contributed by atoms with Crippen LogP contribution in [0, 0.1) is 10.1 Å². The van der Waals surface area contributed by atoms with E-state index in [2.05, 4.69) is 0 Å². The predicted molar refractivity (Wildman–Crippen MR) is 88.1 cm³/mol. The van der Waals surface area contributed by atoms with Gasteiger partial charge in [-0.2, -0.15) is 0 Å². The number of carbonyl (C=O) groups is 2. The van der Waals surface area contributed by atoms with Gasteiger partial charge in [-0.3, -0.25) is 14.9 Å². The van der Waals surface area contributed by atoms with Gasteiger partial charge in [0.25, 0.3) is 11.6 Å². The fourth-order valence-electron chi connectivity index (χ4n) is 2.69. The first-order chi connectivity index (χ1) is 11.5. The van der Waals surface area contributed by atoms with E-state index in [4.69, 9.17) is 4.74 Å². The fraction of sp³-hybridized carbons (Fsp3) is 0.412. The lowest BCUT2D eigenvalue weighted by atomic mass is 10.0. The molecule has 0 radical (unpaired) electrons. The first-order valence-electron chi connectivity index (χ1n) is 7.87. The summed E-state index contributed by atoms with van der Waals surface area (Å²) in [7, 11) is 0. The second-order valence-corrected chi connectivity index (χ2v) is 5.69. The van der Waals surface area contributed by atoms with E-state index in [1.807, 2.05) is 6.92 Å². The number of nitro groups is 1. The van der Waals surface area contributed by atoms with Gasteiger partial charge in [0.05, 0.1) is 10.5 Å². The Kier molecular flexibility index (Phi) is 6.06. The maximum atomic E-state index is 12.1. The third-order valence-electron chi connectivity index (χ3n) is 3.99. The number of hydrogen-bond acceptors (Lipinski definition) is 5. The second kappa shape index (κ2) is 8.24. The lowest BCUT2D eigenvalue weighted by Gasteiger charge is -2.33. The topological polar surface area (TPSA) is 89.8 Å². The van der Waals surface area contributed by atoms with Crippen LogP contribution in [0.1, 0.15) is 31.7 Å². The summed E-state index contributed by atoms with van der Waals surface area (Å²) < 4.78 is 4.94. The fourth-order valence-corrected chi connectivity index (χ4v) is 2.69. The zero-order valence-electron chi connectivity index (χ0n) is 13.5. The summed E-state index contributed by atoms with van der Waals surface area (Å²) in [4.78, 5) is 35.9. The summed E-state index contributed by atoms with van der Waals surface area (Å²) in [5.74, 6) is -0.916. The Balaban J connectivity index is 1.89. The number of ether oxygens (including phenoxy) is 1. The molecule has 2 rings (SSSR count). The van der Waals surface area contributed by atoms with E-state index in [-0.39, 0.29) is 24.2 Å². The molecule has 0 spiro atoms. The number of carbonyl (C=O) groups excluding carboxylic acids is 2. The molecule has 1 atom stereocenters. The molecule has 1 aliphatic heterocycles. The van der Waals surface area contributed by atoms with Crippen LogP contribution in [0.25, 0.3) is 6.08 Å². The van der Waals surface area contributed by atoms with Crippen LogP contribution in [0.3, 0.4) is 0 Å². The Morgan fingerprint density at radius 3 is 2.83 bits per heavy atom. The molecule has 1 aliphatic rings. The summed E-state index contributed by atoms with van der Waals surface area (Å²) in [5.41, 5.74) is 0.204. The van der Waals surface area contributed by atoms with E-state index in [9.17, 15) is 19.7 Å². The van der Waals surface area contributed by atoms with Gasteiger partial charge in [0.15, 0.2) is 6.61 Å². The van der Waals surface area contributed by atoms with E-state index in [1.54, 1.807) is 17.0 Å². The molecule has 0 aliphatic carbocycles. The van der Waals surface area contributed by atoms with Gasteiger partial charge in [-0.1, -0.05) is 12.1 Å². The normalized spacial score (nSPS) is 17.7. The van der Waals surface area contributed by atoms with Crippen molar-refractivity contribution in [1.29, 1.82) is 0 Å². The van der Waals surface area contributed by atoms with Crippen molar-refractivity contribution in [3.05, 3.63) is 46.0 Å². The van der Waals surface area contributed by atoms with Crippen LogP contribution >= 0.6 is 0 Å². The molecule has 0 aromatic heterocycles. The largest absolute Gasteiger partial charge is 0.452 e. The monoisotopic (exact) mass is 332 g/mol. The van der Waals surface area contributed by atoms with Gasteiger partial charge in [-0.15, -0.1) is 0 Å². The van der Waals surface area contributed by atoms with E-state index in [0.29, 0.717) is 12.1 Å². The molecule has 128 valence electrons. The lowest BCUT2D eigenvalue weighted by Crippen LogP contribution is -2.44. The summed E-state index contributed by atoms with van der Waals surface area (Å²) in [6, 6.07) is 6.23. The van der Waals surface area contributed by atoms with E-state index in [0.717, 1.165) is 25.3 Å². The highest BCUT2D eigenvalue weighted by atomic mass is 16.6. The molecule has 24 heavy (non-hydrogen) atoms. The minimum absolute atomic E-state index is 0.0974. The summed E-state index contributed by atoms with van der Waals surface area (Å²) in [5, 5.41) is 10.9. The van der Waals surface area contributed by atoms with E-state index in [1.165, 1.54) is 18.2 Å². The van der Waals surface area contributed by atoms with Crippen LogP contribution < -0.4 is 0 Å². The number of nitro benzene ring substituents is 1. The van der Waals surface area contributed by atoms with Crippen molar-refractivity contribution < 1.29 is 19.2 Å². The van der Waals surface area contributed by atoms with Crippen molar-refractivity contribution in [2.24, 2.45) is 0 Å². The minimum Gasteiger partial charge on any atom is -0.452 e. The number of rotatable bonds is 5. The summed E-state index contributed by atoms with van der Waals surface area (Å²) >= 11 is 0. The zero-order valence-corrected chi connectivity index (χ0v) is 13.5. The number of benzene rings is 1. The minimum atomic E-state index is -0.703. The molecule has 0 N–H and O–H groups in total. The van der Waals surface area contributed by atoms with Gasteiger partial charge < -0.3 is 9.64 Å². The molecule has 7 heteroatoms. The quantitative estimate of drug-likeness (QED) is 0.358. The van der Waals surface area contributed by atoms with Crippen LogP contribution in [-0.2, 0) is 14.3 Å². The van der Waals surface area contributed by atoms with Gasteiger partial charge in [-0.25, -0.2) is 4.79 Å². The smallest absolute Gasteiger partial charge is 0.331 e. The molecule has 1 amide bonds. The molecule has 1 aromatic carbocycles. The predicted octanol–water partition coefficient (Wildman–Crippen LogP) is 2.55. The van der Waals surface area contributed by atoms with Gasteiger partial charge in [0.2, 0.25) is 0 Å². The first-order valence-corrected chi connectivity index (χ1v) is 7.87. The third-order valence-corrected chi connectivity index (χ3v) is 3.99. The zero-order chi connectivity index (χ0) is 17.5. The van der Waals surface area contributed by atoms with Crippen molar-refractivity contribution in [2.45, 2.75) is 32.2 Å². The van der Waals surface area contributed by atoms with E-state index < -0.39 is 10.9 Å². The maximum absolute atomic E-state index is 12.1. The molecule has 1 aromatic rings. The van der Waals surface area contributed by atoms with Crippen LogP contribution in [-0.4, -0.2) is 40.9 Å². The number of amides is 1. The highest BCUT2D eigenvalue weighted by molar-refractivity contribution is 5.90. The number of likely N-dealkylation sites (tertiary alicyclic amines) is 1. The number of piperidine rings is 1. The summed E-state index contributed by atoms with van der Waals surface area (Å²) in [6.07, 6.45) is 5.42. The van der Waals surface area contributed by atoms with Crippen LogP contribution in [0.5, 0.6) is 0 Å². The van der Waals surface area contributed by atoms with E-state index >= 15 is 0 Å². The highest BCUT2D eigenvalue weighted by Crippen LogP contribution is 2.19. The Bertz CT molecular complexity index is 656. The molecule has 1 fully saturated rings. The van der Waals surface area contributed by atoms with Crippen LogP contribution in [0.15, 0.2) is 30.3 Å². The van der Waals surface area contributed by atoms with Crippen molar-refractivity contribution in [3.8, 4) is 0 Å². The molecular weight excluding hydrogens is 312 g/mol. The lowest BCUT2D eigenvalue weighted by molar-refractivity contribution is -0.385. The van der Waals surface area contributed by atoms with Gasteiger partial charge in [0.1, 0.15) is 0 Å². The van der Waals surface area contributed by atoms with Crippen LogP contribution in [0.2, 0.25) is 0 Å². The van der Waals surface area contributed by atoms with Crippen molar-refractivity contribution in [1.82, 2.24) is 4.90 Å². The summed E-state index contributed by atoms with van der Waals surface area (Å²) in [6.45, 7) is 2.35. The molecule has 0 unspecified atom stereocenters. The SMILES string of the molecule is C[C@H]1CCCCN1C(=O)COC(=O)/C=C/c1ccccc1[N+](=O)[O-]. The molecule has 0 bridgehead atoms. The standard InChI is InChI=1S/C17H20N2O5/c1-13-6-4-5-11-18(13)16(20)12-24-17(21)10-9-14-7-2-3-8-15(14)19(22)23/h2-3,7-10,13H,4-6,11-12H2,1H3/b10-9+/t13-/m0/s1. The molecular formula is C17H20N2O5. The van der Waals surface area contributed by atoms with Crippen LogP contribution in [0.4, 0.5) is 5.69 Å². The van der Waals surface area contributed by atoms with Crippen molar-refractivity contribution in [2.75, 3.05) is 13.2 Å². The first kappa shape index (κ1) is 17.7. The number of nitrogens with zero attached hydrogens (tertiary/aromatic N) is 2. The average Bonchev–Trinajstić information content (AvgIpc) is 2.58. The van der Waals surface area contributed by atoms with Crippen molar-refractivity contribution in [3.63, 3.8) is 0 Å². The Hall–Kier alpha value is -2.70. The highest BCUT2D eigenvalue weighted by Gasteiger charge is 2.23. The molecule has 0 saturated carbocycles. The number of para-hydroxylation sites is 1. The third kappa shape index (κ3) is 4.65. The Morgan fingerprint density at radius 1 is 1.38 bits per heavy atom. The van der Waals surface area contributed by atoms with Gasteiger partial charge >= 0.3 is 5.97 Å². The Morgan fingerprint density at radius 2 is 2.12 bits per heavy atom. The molecule has 1 saturated heterocycles. The van der Waals surface area contributed by atoms with Gasteiger partial charge in [-0.05, 0) is 38.3 Å². The second-order valence-electron chi connectivity index (χ2n) is 5.69. The maximum Gasteiger partial charge on any atom is 0.331 e.